The van der Waals surface area contributed by atoms with Crippen LogP contribution in [0.4, 0.5) is 13.2 Å². The molecule has 1 atom stereocenters. The van der Waals surface area contributed by atoms with Crippen LogP contribution in [0, 0.1) is 5.92 Å². The molecule has 0 saturated carbocycles. The van der Waals surface area contributed by atoms with Gasteiger partial charge in [-0.05, 0) is 5.92 Å². The number of rotatable bonds is 4. The van der Waals surface area contributed by atoms with Crippen molar-refractivity contribution in [1.82, 2.24) is 4.72 Å². The summed E-state index contributed by atoms with van der Waals surface area (Å²) >= 11 is 0. The highest BCUT2D eigenvalue weighted by Crippen LogP contribution is 2.22. The highest BCUT2D eigenvalue weighted by atomic mass is 32.2. The Labute approximate surface area is 86.7 Å². The van der Waals surface area contributed by atoms with Gasteiger partial charge < -0.3 is 0 Å². The molecule has 0 heterocycles. The summed E-state index contributed by atoms with van der Waals surface area (Å²) in [6.45, 7) is 2.57. The molecule has 1 N–H and O–H groups in total. The molecule has 0 saturated heterocycles. The molecule has 15 heavy (non-hydrogen) atoms. The number of hydrogen-bond donors (Lipinski definition) is 2. The summed E-state index contributed by atoms with van der Waals surface area (Å²) in [5, 5.41) is -1.76. The van der Waals surface area contributed by atoms with Gasteiger partial charge in [-0.15, -0.1) is 0 Å². The first-order chi connectivity index (χ1) is 6.49. The minimum Gasteiger partial charge on any atom is -0.230 e. The monoisotopic (exact) mass is 269 g/mol. The lowest BCUT2D eigenvalue weighted by molar-refractivity contribution is -0.0449. The largest absolute Gasteiger partial charge is 0.511 e. The fraction of sp³-hybridized carbons (Fsp3) is 1.00. The van der Waals surface area contributed by atoms with Gasteiger partial charge in [0.15, 0.2) is 10.7 Å². The van der Waals surface area contributed by atoms with Gasteiger partial charge in [-0.2, -0.15) is 17.9 Å². The van der Waals surface area contributed by atoms with E-state index in [1.165, 1.54) is 13.8 Å². The van der Waals surface area contributed by atoms with E-state index in [0.29, 0.717) is 0 Å². The van der Waals surface area contributed by atoms with E-state index in [1.54, 1.807) is 0 Å². The van der Waals surface area contributed by atoms with Crippen molar-refractivity contribution in [2.45, 2.75) is 24.7 Å². The second-order valence-corrected chi connectivity index (χ2v) is 5.87. The van der Waals surface area contributed by atoms with Gasteiger partial charge in [0.2, 0.25) is 0 Å². The van der Waals surface area contributed by atoms with Crippen LogP contribution < -0.4 is 4.72 Å². The van der Waals surface area contributed by atoms with E-state index in [0.717, 1.165) is 4.72 Å². The number of sulfonamides is 1. The molecule has 1 unspecified atom stereocenters. The van der Waals surface area contributed by atoms with Gasteiger partial charge in [0.05, 0.1) is 0 Å². The van der Waals surface area contributed by atoms with Crippen molar-refractivity contribution in [2.75, 3.05) is 0 Å². The molecule has 0 aliphatic rings. The van der Waals surface area contributed by atoms with Gasteiger partial charge in [0, 0.05) is 0 Å². The maximum atomic E-state index is 11.9. The molecule has 0 aliphatic carbocycles. The number of nitrogens with one attached hydrogen (secondary N) is 1. The predicted octanol–water partition coefficient (Wildman–Crippen LogP) is 0.0191. The number of halogens is 3. The number of alkyl halides is 3. The zero-order valence-corrected chi connectivity index (χ0v) is 9.49. The van der Waals surface area contributed by atoms with Crippen LogP contribution in [0.15, 0.2) is 0 Å². The van der Waals surface area contributed by atoms with E-state index in [2.05, 4.69) is 0 Å². The van der Waals surface area contributed by atoms with Gasteiger partial charge in [-0.1, -0.05) is 13.8 Å². The topological polar surface area (TPSA) is 80.3 Å². The summed E-state index contributed by atoms with van der Waals surface area (Å²) in [7, 11) is -8.93. The Morgan fingerprint density at radius 3 is 1.80 bits per heavy atom. The summed E-state index contributed by atoms with van der Waals surface area (Å²) in [4.78, 5) is 0. The average Bonchev–Trinajstić information content (AvgIpc) is 1.96. The first-order valence-corrected chi connectivity index (χ1v) is 6.44. The fourth-order valence-corrected chi connectivity index (χ4v) is 2.62. The van der Waals surface area contributed by atoms with Crippen molar-refractivity contribution in [3.63, 3.8) is 0 Å². The predicted molar refractivity (Wildman–Crippen MR) is 47.1 cm³/mol. The molecule has 10 heteroatoms. The Kier molecular flexibility index (Phi) is 4.55. The van der Waals surface area contributed by atoms with Crippen molar-refractivity contribution in [1.29, 1.82) is 0 Å². The lowest BCUT2D eigenvalue weighted by Gasteiger charge is -2.17. The van der Waals surface area contributed by atoms with Crippen LogP contribution in [-0.4, -0.2) is 27.7 Å². The SMILES string of the molecule is CC(C)C(NS(=O)(=O)C(F)(F)F)[SH](=O)=O. The molecule has 0 bridgehead atoms. The second-order valence-electron chi connectivity index (χ2n) is 3.04. The zero-order valence-electron chi connectivity index (χ0n) is 7.78. The minimum atomic E-state index is -5.62. The molecular formula is C5H10F3NO4S2. The third-order valence-corrected chi connectivity index (χ3v) is 3.97. The highest BCUT2D eigenvalue weighted by Gasteiger charge is 2.47. The molecule has 0 aromatic carbocycles. The van der Waals surface area contributed by atoms with E-state index < -0.39 is 37.5 Å². The summed E-state index contributed by atoms with van der Waals surface area (Å²) in [5.74, 6) is -0.789. The lowest BCUT2D eigenvalue weighted by atomic mass is 10.2. The van der Waals surface area contributed by atoms with Crippen LogP contribution in [0.1, 0.15) is 13.8 Å². The van der Waals surface area contributed by atoms with Crippen LogP contribution in [-0.2, 0) is 20.7 Å². The molecular weight excluding hydrogens is 259 g/mol. The third kappa shape index (κ3) is 3.95. The maximum absolute atomic E-state index is 11.9. The second kappa shape index (κ2) is 4.66. The highest BCUT2D eigenvalue weighted by molar-refractivity contribution is 7.91. The molecule has 0 rings (SSSR count). The quantitative estimate of drug-likeness (QED) is 0.705. The van der Waals surface area contributed by atoms with Gasteiger partial charge in [0.25, 0.3) is 0 Å². The van der Waals surface area contributed by atoms with Gasteiger partial charge in [-0.3, -0.25) is 0 Å². The Morgan fingerprint density at radius 1 is 1.20 bits per heavy atom. The van der Waals surface area contributed by atoms with Crippen molar-refractivity contribution in [3.8, 4) is 0 Å². The first-order valence-electron chi connectivity index (χ1n) is 3.71. The van der Waals surface area contributed by atoms with Crippen LogP contribution >= 0.6 is 0 Å². The molecule has 92 valence electrons. The molecule has 0 radical (unpaired) electrons. The first kappa shape index (κ1) is 14.6. The molecule has 0 aliphatic heterocycles. The van der Waals surface area contributed by atoms with Crippen LogP contribution in [0.5, 0.6) is 0 Å². The molecule has 0 aromatic heterocycles. The van der Waals surface area contributed by atoms with Crippen molar-refractivity contribution < 1.29 is 30.0 Å². The number of hydrogen-bond acceptors (Lipinski definition) is 4. The minimum absolute atomic E-state index is 0.789. The molecule has 0 spiro atoms. The summed E-state index contributed by atoms with van der Waals surface area (Å²) in [6.07, 6.45) is 0. The van der Waals surface area contributed by atoms with Crippen molar-refractivity contribution in [2.24, 2.45) is 5.92 Å². The van der Waals surface area contributed by atoms with Crippen molar-refractivity contribution in [3.05, 3.63) is 0 Å². The number of thiol groups is 1. The fourth-order valence-electron chi connectivity index (χ4n) is 0.648. The van der Waals surface area contributed by atoms with Crippen LogP contribution in [0.3, 0.4) is 0 Å². The Hall–Kier alpha value is -0.350. The van der Waals surface area contributed by atoms with E-state index in [1.807, 2.05) is 0 Å². The summed E-state index contributed by atoms with van der Waals surface area (Å²) < 4.78 is 78.8. The normalized spacial score (nSPS) is 15.9. The Morgan fingerprint density at radius 2 is 1.60 bits per heavy atom. The molecule has 5 nitrogen and oxygen atoms in total. The van der Waals surface area contributed by atoms with E-state index in [9.17, 15) is 30.0 Å². The Bertz CT molecular complexity index is 376. The zero-order chi connectivity index (χ0) is 12.4. The third-order valence-electron chi connectivity index (χ3n) is 1.44. The van der Waals surface area contributed by atoms with Gasteiger partial charge >= 0.3 is 15.5 Å². The lowest BCUT2D eigenvalue weighted by Crippen LogP contribution is -2.45. The maximum Gasteiger partial charge on any atom is 0.511 e. The van der Waals surface area contributed by atoms with Crippen LogP contribution in [0.25, 0.3) is 0 Å². The smallest absolute Gasteiger partial charge is 0.230 e. The van der Waals surface area contributed by atoms with E-state index in [4.69, 9.17) is 0 Å². The van der Waals surface area contributed by atoms with E-state index >= 15 is 0 Å². The summed E-state index contributed by atoms with van der Waals surface area (Å²) in [6, 6.07) is 0. The Balaban J connectivity index is 5.02. The standard InChI is InChI=1S/C5H10F3NO4S2/c1-3(2)4(14(10)11)9-15(12,13)5(6,7)8/h3-4,9,14H,1-2H3. The van der Waals surface area contributed by atoms with Crippen molar-refractivity contribution >= 4 is 20.7 Å². The molecule has 0 amide bonds. The van der Waals surface area contributed by atoms with Gasteiger partial charge in [-0.25, -0.2) is 16.8 Å². The van der Waals surface area contributed by atoms with Gasteiger partial charge in [0.1, 0.15) is 5.37 Å². The average molecular weight is 269 g/mol. The molecule has 0 aromatic rings. The van der Waals surface area contributed by atoms with E-state index in [-0.39, 0.29) is 0 Å². The molecule has 0 fully saturated rings. The van der Waals surface area contributed by atoms with Crippen LogP contribution in [0.2, 0.25) is 0 Å². The summed E-state index contributed by atoms with van der Waals surface area (Å²) in [5.41, 5.74) is -5.51.